The third kappa shape index (κ3) is 2.76. The largest absolute Gasteiger partial charge is 0.382 e. The maximum absolute atomic E-state index is 10.4. The molecule has 1 N–H and O–H groups in total. The molecule has 0 aliphatic carbocycles. The van der Waals surface area contributed by atoms with Gasteiger partial charge in [-0.05, 0) is 30.7 Å². The van der Waals surface area contributed by atoms with E-state index in [0.29, 0.717) is 10.6 Å². The minimum absolute atomic E-state index is 0.551. The van der Waals surface area contributed by atoms with Crippen molar-refractivity contribution in [3.63, 3.8) is 0 Å². The Kier molecular flexibility index (Phi) is 4.43. The molecule has 0 amide bonds. The van der Waals surface area contributed by atoms with E-state index in [1.54, 1.807) is 12.3 Å². The highest BCUT2D eigenvalue weighted by atomic mass is 79.9. The Morgan fingerprint density at radius 3 is 2.94 bits per heavy atom. The second-order valence-corrected chi connectivity index (χ2v) is 5.37. The summed E-state index contributed by atoms with van der Waals surface area (Å²) >= 11 is 9.51. The molecule has 1 unspecified atom stereocenters. The molecule has 0 spiro atoms. The summed E-state index contributed by atoms with van der Waals surface area (Å²) < 4.78 is 2.70. The van der Waals surface area contributed by atoms with Gasteiger partial charge in [0.2, 0.25) is 0 Å². The quantitative estimate of drug-likeness (QED) is 0.926. The molecular weight excluding hydrogens is 316 g/mol. The number of benzene rings is 1. The highest BCUT2D eigenvalue weighted by Crippen LogP contribution is 2.30. The van der Waals surface area contributed by atoms with Gasteiger partial charge >= 0.3 is 0 Å². The molecule has 18 heavy (non-hydrogen) atoms. The van der Waals surface area contributed by atoms with E-state index in [1.165, 1.54) is 0 Å². The third-order valence-electron chi connectivity index (χ3n) is 2.72. The predicted octanol–water partition coefficient (Wildman–Crippen LogP) is 3.79. The number of rotatable bonds is 4. The topological polar surface area (TPSA) is 38.0 Å². The molecule has 1 heterocycles. The standard InChI is InChI=1S/C13H14BrClN2O/c1-2-7-17-12(5-6-16-17)13(18)10-8-9(14)3-4-11(10)15/h3-6,8,13,18H,2,7H2,1H3. The Balaban J connectivity index is 2.38. The van der Waals surface area contributed by atoms with Gasteiger partial charge < -0.3 is 5.11 Å². The van der Waals surface area contributed by atoms with Crippen molar-refractivity contribution in [2.75, 3.05) is 0 Å². The molecule has 3 nitrogen and oxygen atoms in total. The summed E-state index contributed by atoms with van der Waals surface area (Å²) in [4.78, 5) is 0. The first-order valence-electron chi connectivity index (χ1n) is 5.78. The fraction of sp³-hybridized carbons (Fsp3) is 0.308. The number of aromatic nitrogens is 2. The number of hydrogen-bond donors (Lipinski definition) is 1. The summed E-state index contributed by atoms with van der Waals surface area (Å²) in [5, 5.41) is 15.2. The van der Waals surface area contributed by atoms with Crippen LogP contribution < -0.4 is 0 Å². The van der Waals surface area contributed by atoms with Gasteiger partial charge in [-0.15, -0.1) is 0 Å². The molecule has 1 atom stereocenters. The van der Waals surface area contributed by atoms with E-state index in [-0.39, 0.29) is 0 Å². The SMILES string of the molecule is CCCn1nccc1C(O)c1cc(Br)ccc1Cl. The minimum atomic E-state index is -0.760. The normalized spacial score (nSPS) is 12.7. The van der Waals surface area contributed by atoms with Crippen LogP contribution in [0.2, 0.25) is 5.02 Å². The Hall–Kier alpha value is -0.840. The van der Waals surface area contributed by atoms with Crippen LogP contribution in [0.5, 0.6) is 0 Å². The Morgan fingerprint density at radius 1 is 1.44 bits per heavy atom. The number of nitrogens with zero attached hydrogens (tertiary/aromatic N) is 2. The molecule has 0 aliphatic heterocycles. The molecule has 0 bridgehead atoms. The summed E-state index contributed by atoms with van der Waals surface area (Å²) in [6.07, 6.45) is 1.90. The second-order valence-electron chi connectivity index (χ2n) is 4.05. The van der Waals surface area contributed by atoms with Gasteiger partial charge in [0, 0.05) is 27.8 Å². The Morgan fingerprint density at radius 2 is 2.22 bits per heavy atom. The highest BCUT2D eigenvalue weighted by molar-refractivity contribution is 9.10. The van der Waals surface area contributed by atoms with Crippen molar-refractivity contribution in [2.24, 2.45) is 0 Å². The van der Waals surface area contributed by atoms with Crippen LogP contribution in [-0.4, -0.2) is 14.9 Å². The van der Waals surface area contributed by atoms with Crippen LogP contribution in [0, 0.1) is 0 Å². The molecule has 0 saturated heterocycles. The molecule has 1 aromatic carbocycles. The zero-order valence-electron chi connectivity index (χ0n) is 9.98. The lowest BCUT2D eigenvalue weighted by Crippen LogP contribution is -2.10. The Bertz CT molecular complexity index is 542. The lowest BCUT2D eigenvalue weighted by Gasteiger charge is -2.15. The first kappa shape index (κ1) is 13.6. The zero-order valence-corrected chi connectivity index (χ0v) is 12.3. The maximum Gasteiger partial charge on any atom is 0.122 e. The second kappa shape index (κ2) is 5.87. The summed E-state index contributed by atoms with van der Waals surface area (Å²) in [5.41, 5.74) is 1.45. The predicted molar refractivity (Wildman–Crippen MR) is 75.7 cm³/mol. The highest BCUT2D eigenvalue weighted by Gasteiger charge is 2.18. The average molecular weight is 330 g/mol. The van der Waals surface area contributed by atoms with Crippen molar-refractivity contribution in [1.82, 2.24) is 9.78 Å². The zero-order chi connectivity index (χ0) is 13.1. The first-order valence-corrected chi connectivity index (χ1v) is 6.95. The molecule has 5 heteroatoms. The lowest BCUT2D eigenvalue weighted by molar-refractivity contribution is 0.207. The van der Waals surface area contributed by atoms with E-state index in [4.69, 9.17) is 11.6 Å². The number of aryl methyl sites for hydroxylation is 1. The van der Waals surface area contributed by atoms with Gasteiger partial charge in [-0.2, -0.15) is 5.10 Å². The van der Waals surface area contributed by atoms with Crippen LogP contribution in [0.3, 0.4) is 0 Å². The fourth-order valence-corrected chi connectivity index (χ4v) is 2.46. The van der Waals surface area contributed by atoms with Gasteiger partial charge in [0.1, 0.15) is 6.10 Å². The molecule has 0 aliphatic rings. The molecule has 0 radical (unpaired) electrons. The van der Waals surface area contributed by atoms with Crippen molar-refractivity contribution >= 4 is 27.5 Å². The average Bonchev–Trinajstić information content (AvgIpc) is 2.80. The van der Waals surface area contributed by atoms with Crippen LogP contribution in [-0.2, 0) is 6.54 Å². The molecule has 96 valence electrons. The molecule has 0 saturated carbocycles. The molecule has 1 aromatic heterocycles. The van der Waals surface area contributed by atoms with Crippen molar-refractivity contribution in [2.45, 2.75) is 26.0 Å². The van der Waals surface area contributed by atoms with Gasteiger partial charge in [0.25, 0.3) is 0 Å². The van der Waals surface area contributed by atoms with Crippen molar-refractivity contribution in [3.8, 4) is 0 Å². The maximum atomic E-state index is 10.4. The number of halogens is 2. The van der Waals surface area contributed by atoms with E-state index < -0.39 is 6.10 Å². The Labute approximate surface area is 120 Å². The van der Waals surface area contributed by atoms with Gasteiger partial charge in [0.05, 0.1) is 5.69 Å². The van der Waals surface area contributed by atoms with Crippen molar-refractivity contribution in [3.05, 3.63) is 51.2 Å². The number of hydrogen-bond acceptors (Lipinski definition) is 2. The van der Waals surface area contributed by atoms with Crippen LogP contribution in [0.4, 0.5) is 0 Å². The molecule has 2 aromatic rings. The molecular formula is C13H14BrClN2O. The monoisotopic (exact) mass is 328 g/mol. The van der Waals surface area contributed by atoms with Gasteiger partial charge in [-0.3, -0.25) is 4.68 Å². The smallest absolute Gasteiger partial charge is 0.122 e. The lowest BCUT2D eigenvalue weighted by atomic mass is 10.1. The number of aliphatic hydroxyl groups is 1. The van der Waals surface area contributed by atoms with E-state index in [1.807, 2.05) is 22.9 Å². The molecule has 0 fully saturated rings. The first-order chi connectivity index (χ1) is 8.63. The van der Waals surface area contributed by atoms with Crippen LogP contribution in [0.15, 0.2) is 34.9 Å². The third-order valence-corrected chi connectivity index (χ3v) is 3.56. The van der Waals surface area contributed by atoms with Crippen molar-refractivity contribution < 1.29 is 5.11 Å². The van der Waals surface area contributed by atoms with E-state index >= 15 is 0 Å². The van der Waals surface area contributed by atoms with Crippen LogP contribution in [0.25, 0.3) is 0 Å². The summed E-state index contributed by atoms with van der Waals surface area (Å²) in [7, 11) is 0. The van der Waals surface area contributed by atoms with Crippen LogP contribution in [0.1, 0.15) is 30.7 Å². The van der Waals surface area contributed by atoms with E-state index in [0.717, 1.165) is 23.1 Å². The van der Waals surface area contributed by atoms with Gasteiger partial charge in [-0.1, -0.05) is 34.5 Å². The van der Waals surface area contributed by atoms with E-state index in [2.05, 4.69) is 28.0 Å². The summed E-state index contributed by atoms with van der Waals surface area (Å²) in [5.74, 6) is 0. The van der Waals surface area contributed by atoms with Crippen LogP contribution >= 0.6 is 27.5 Å². The fourth-order valence-electron chi connectivity index (χ4n) is 1.86. The molecule has 2 rings (SSSR count). The van der Waals surface area contributed by atoms with Gasteiger partial charge in [0.15, 0.2) is 0 Å². The summed E-state index contributed by atoms with van der Waals surface area (Å²) in [6, 6.07) is 7.26. The number of aliphatic hydroxyl groups excluding tert-OH is 1. The van der Waals surface area contributed by atoms with E-state index in [9.17, 15) is 5.11 Å². The summed E-state index contributed by atoms with van der Waals surface area (Å²) in [6.45, 7) is 2.86. The van der Waals surface area contributed by atoms with Crippen molar-refractivity contribution in [1.29, 1.82) is 0 Å². The minimum Gasteiger partial charge on any atom is -0.382 e. The van der Waals surface area contributed by atoms with Gasteiger partial charge in [-0.25, -0.2) is 0 Å².